The third-order valence-corrected chi connectivity index (χ3v) is 4.62. The standard InChI is InChI=1S/C17H21NO2/c1-12-15(13(2)19)9-10-17(3)18(12)16(11-20-17)14-7-5-4-6-8-14/h4-8,16H,9-11H2,1-3H3/t16-,17+/m1/s1. The summed E-state index contributed by atoms with van der Waals surface area (Å²) >= 11 is 0. The fourth-order valence-electron chi connectivity index (χ4n) is 3.55. The van der Waals surface area contributed by atoms with Crippen LogP contribution in [-0.2, 0) is 9.53 Å². The molecule has 0 amide bonds. The van der Waals surface area contributed by atoms with E-state index in [1.54, 1.807) is 6.92 Å². The molecule has 0 aliphatic carbocycles. The normalized spacial score (nSPS) is 29.6. The predicted molar refractivity (Wildman–Crippen MR) is 78.0 cm³/mol. The first-order chi connectivity index (χ1) is 9.53. The van der Waals surface area contributed by atoms with Gasteiger partial charge in [0.25, 0.3) is 0 Å². The summed E-state index contributed by atoms with van der Waals surface area (Å²) in [5.41, 5.74) is 3.01. The van der Waals surface area contributed by atoms with Crippen molar-refractivity contribution >= 4 is 5.78 Å². The van der Waals surface area contributed by atoms with E-state index in [0.717, 1.165) is 24.1 Å². The number of hydrogen-bond donors (Lipinski definition) is 0. The van der Waals surface area contributed by atoms with E-state index in [-0.39, 0.29) is 17.6 Å². The number of carbonyl (C=O) groups excluding carboxylic acids is 1. The van der Waals surface area contributed by atoms with Gasteiger partial charge in [-0.05, 0) is 39.2 Å². The molecule has 3 heteroatoms. The maximum absolute atomic E-state index is 11.8. The lowest BCUT2D eigenvalue weighted by Gasteiger charge is -2.43. The number of fused-ring (bicyclic) bond motifs is 1. The topological polar surface area (TPSA) is 29.5 Å². The molecule has 1 aromatic carbocycles. The molecule has 0 saturated carbocycles. The largest absolute Gasteiger partial charge is 0.353 e. The van der Waals surface area contributed by atoms with Crippen molar-refractivity contribution in [2.45, 2.75) is 45.4 Å². The summed E-state index contributed by atoms with van der Waals surface area (Å²) in [6.07, 6.45) is 1.69. The van der Waals surface area contributed by atoms with Crippen LogP contribution in [0.15, 0.2) is 41.6 Å². The number of nitrogens with zero attached hydrogens (tertiary/aromatic N) is 1. The van der Waals surface area contributed by atoms with E-state index in [4.69, 9.17) is 4.74 Å². The van der Waals surface area contributed by atoms with Gasteiger partial charge >= 0.3 is 0 Å². The monoisotopic (exact) mass is 271 g/mol. The molecule has 2 aliphatic heterocycles. The number of carbonyl (C=O) groups is 1. The molecular formula is C17H21NO2. The summed E-state index contributed by atoms with van der Waals surface area (Å²) < 4.78 is 6.09. The minimum atomic E-state index is -0.274. The van der Waals surface area contributed by atoms with Crippen LogP contribution in [0.1, 0.15) is 45.2 Å². The van der Waals surface area contributed by atoms with E-state index in [1.165, 1.54) is 5.56 Å². The van der Waals surface area contributed by atoms with Gasteiger partial charge in [0.2, 0.25) is 0 Å². The van der Waals surface area contributed by atoms with Gasteiger partial charge in [-0.25, -0.2) is 0 Å². The Morgan fingerprint density at radius 2 is 2.05 bits per heavy atom. The SMILES string of the molecule is CC(=O)C1=C(C)N2[C@@H](c3ccccc3)CO[C@@]2(C)CC1. The molecule has 0 N–H and O–H groups in total. The Balaban J connectivity index is 2.04. The Kier molecular flexibility index (Phi) is 3.17. The van der Waals surface area contributed by atoms with E-state index >= 15 is 0 Å². The molecule has 2 heterocycles. The Bertz CT molecular complexity index is 564. The van der Waals surface area contributed by atoms with Crippen molar-refractivity contribution in [1.29, 1.82) is 0 Å². The second-order valence-electron chi connectivity index (χ2n) is 5.90. The third-order valence-electron chi connectivity index (χ3n) is 4.62. The van der Waals surface area contributed by atoms with Gasteiger partial charge in [0.05, 0.1) is 12.6 Å². The van der Waals surface area contributed by atoms with Gasteiger partial charge in [-0.2, -0.15) is 0 Å². The number of ether oxygens (including phenoxy) is 1. The second-order valence-corrected chi connectivity index (χ2v) is 5.90. The zero-order valence-corrected chi connectivity index (χ0v) is 12.3. The van der Waals surface area contributed by atoms with Gasteiger partial charge in [0.1, 0.15) is 5.72 Å². The lowest BCUT2D eigenvalue weighted by Crippen LogP contribution is -2.45. The van der Waals surface area contributed by atoms with Crippen molar-refractivity contribution in [3.8, 4) is 0 Å². The van der Waals surface area contributed by atoms with Gasteiger partial charge in [0.15, 0.2) is 5.78 Å². The van der Waals surface area contributed by atoms with Crippen molar-refractivity contribution in [1.82, 2.24) is 4.90 Å². The van der Waals surface area contributed by atoms with Crippen LogP contribution < -0.4 is 0 Å². The lowest BCUT2D eigenvalue weighted by molar-refractivity contribution is -0.115. The quantitative estimate of drug-likeness (QED) is 0.825. The molecule has 3 rings (SSSR count). The average molecular weight is 271 g/mol. The van der Waals surface area contributed by atoms with Crippen molar-refractivity contribution < 1.29 is 9.53 Å². The molecule has 0 radical (unpaired) electrons. The molecular weight excluding hydrogens is 250 g/mol. The van der Waals surface area contributed by atoms with Gasteiger partial charge in [-0.15, -0.1) is 0 Å². The van der Waals surface area contributed by atoms with E-state index in [1.807, 2.05) is 6.07 Å². The fourth-order valence-corrected chi connectivity index (χ4v) is 3.55. The number of ketones is 1. The van der Waals surface area contributed by atoms with Gasteiger partial charge < -0.3 is 9.64 Å². The van der Waals surface area contributed by atoms with Crippen molar-refractivity contribution in [3.63, 3.8) is 0 Å². The highest BCUT2D eigenvalue weighted by Crippen LogP contribution is 2.46. The fraction of sp³-hybridized carbons (Fsp3) is 0.471. The molecule has 2 aliphatic rings. The molecule has 2 atom stereocenters. The van der Waals surface area contributed by atoms with Crippen molar-refractivity contribution in [3.05, 3.63) is 47.2 Å². The summed E-state index contributed by atoms with van der Waals surface area (Å²) in [6.45, 7) is 6.54. The first-order valence-corrected chi connectivity index (χ1v) is 7.22. The van der Waals surface area contributed by atoms with E-state index in [9.17, 15) is 4.79 Å². The van der Waals surface area contributed by atoms with Crippen LogP contribution in [0.25, 0.3) is 0 Å². The molecule has 1 aromatic rings. The number of benzene rings is 1. The molecule has 20 heavy (non-hydrogen) atoms. The molecule has 0 unspecified atom stereocenters. The number of Topliss-reactive ketones (excluding diaryl/α,β-unsaturated/α-hetero) is 1. The molecule has 0 bridgehead atoms. The van der Waals surface area contributed by atoms with Crippen LogP contribution in [0.5, 0.6) is 0 Å². The Hall–Kier alpha value is -1.61. The number of allylic oxidation sites excluding steroid dienone is 2. The zero-order valence-electron chi connectivity index (χ0n) is 12.3. The molecule has 1 fully saturated rings. The second kappa shape index (κ2) is 4.74. The highest BCUT2D eigenvalue weighted by atomic mass is 16.5. The van der Waals surface area contributed by atoms with Gasteiger partial charge in [-0.1, -0.05) is 30.3 Å². The minimum absolute atomic E-state index is 0.184. The van der Waals surface area contributed by atoms with Crippen LogP contribution in [0.4, 0.5) is 0 Å². The molecule has 0 aromatic heterocycles. The number of hydrogen-bond acceptors (Lipinski definition) is 3. The van der Waals surface area contributed by atoms with Crippen LogP contribution in [0.2, 0.25) is 0 Å². The molecule has 3 nitrogen and oxygen atoms in total. The van der Waals surface area contributed by atoms with Crippen molar-refractivity contribution in [2.75, 3.05) is 6.61 Å². The van der Waals surface area contributed by atoms with Crippen LogP contribution >= 0.6 is 0 Å². The number of rotatable bonds is 2. The average Bonchev–Trinajstić information content (AvgIpc) is 2.78. The van der Waals surface area contributed by atoms with Gasteiger partial charge in [-0.3, -0.25) is 4.79 Å². The smallest absolute Gasteiger partial charge is 0.157 e. The van der Waals surface area contributed by atoms with E-state index in [2.05, 4.69) is 43.0 Å². The first kappa shape index (κ1) is 13.4. The van der Waals surface area contributed by atoms with E-state index < -0.39 is 0 Å². The molecule has 0 spiro atoms. The van der Waals surface area contributed by atoms with Crippen LogP contribution in [0.3, 0.4) is 0 Å². The predicted octanol–water partition coefficient (Wildman–Crippen LogP) is 3.43. The Labute approximate surface area is 120 Å². The summed E-state index contributed by atoms with van der Waals surface area (Å²) in [5.74, 6) is 0.184. The minimum Gasteiger partial charge on any atom is -0.353 e. The lowest BCUT2D eigenvalue weighted by atomic mass is 9.91. The third kappa shape index (κ3) is 1.97. The summed E-state index contributed by atoms with van der Waals surface area (Å²) in [4.78, 5) is 14.1. The van der Waals surface area contributed by atoms with Crippen molar-refractivity contribution in [2.24, 2.45) is 0 Å². The highest BCUT2D eigenvalue weighted by Gasteiger charge is 2.47. The summed E-state index contributed by atoms with van der Waals surface area (Å²) in [5, 5.41) is 0. The Morgan fingerprint density at radius 1 is 1.35 bits per heavy atom. The maximum Gasteiger partial charge on any atom is 0.157 e. The van der Waals surface area contributed by atoms with Gasteiger partial charge in [0, 0.05) is 11.3 Å². The van der Waals surface area contributed by atoms with Crippen LogP contribution in [0, 0.1) is 0 Å². The van der Waals surface area contributed by atoms with E-state index in [0.29, 0.717) is 6.61 Å². The maximum atomic E-state index is 11.8. The first-order valence-electron chi connectivity index (χ1n) is 7.22. The molecule has 106 valence electrons. The summed E-state index contributed by atoms with van der Waals surface area (Å²) in [6, 6.07) is 10.6. The molecule has 1 saturated heterocycles. The van der Waals surface area contributed by atoms with Crippen LogP contribution in [-0.4, -0.2) is 23.0 Å². The Morgan fingerprint density at radius 3 is 2.70 bits per heavy atom. The summed E-state index contributed by atoms with van der Waals surface area (Å²) in [7, 11) is 0. The highest BCUT2D eigenvalue weighted by molar-refractivity contribution is 5.94. The zero-order chi connectivity index (χ0) is 14.3.